The van der Waals surface area contributed by atoms with Gasteiger partial charge in [-0.1, -0.05) is 0 Å². The lowest BCUT2D eigenvalue weighted by Gasteiger charge is -2.05. The number of nitrogens with zero attached hydrogens (tertiary/aromatic N) is 3. The Bertz CT molecular complexity index is 857. The van der Waals surface area contributed by atoms with Gasteiger partial charge in [0.05, 0.1) is 11.4 Å². The molecule has 0 amide bonds. The molecule has 118 valence electrons. The van der Waals surface area contributed by atoms with E-state index >= 15 is 0 Å². The van der Waals surface area contributed by atoms with Crippen molar-refractivity contribution in [3.05, 3.63) is 53.7 Å². The summed E-state index contributed by atoms with van der Waals surface area (Å²) < 4.78 is 20.0. The topological polar surface area (TPSA) is 91.8 Å². The van der Waals surface area contributed by atoms with E-state index in [1.165, 1.54) is 0 Å². The Morgan fingerprint density at radius 3 is 2.74 bits per heavy atom. The Morgan fingerprint density at radius 2 is 2.04 bits per heavy atom. The highest BCUT2D eigenvalue weighted by molar-refractivity contribution is 7.78. The number of aromatic amines is 1. The number of hydrogen-bond acceptors (Lipinski definition) is 4. The molecule has 23 heavy (non-hydrogen) atoms. The van der Waals surface area contributed by atoms with Crippen LogP contribution in [0.15, 0.2) is 36.8 Å². The summed E-state index contributed by atoms with van der Waals surface area (Å²) in [5.41, 5.74) is 5.22. The maximum Gasteiger partial charge on any atom is 0.157 e. The SMILES string of the molecule is Cc1nc(-c2cc(-c3cncc(CS(=O)O)c3)ccn2)[nH]c1C. The van der Waals surface area contributed by atoms with E-state index in [9.17, 15) is 4.21 Å². The summed E-state index contributed by atoms with van der Waals surface area (Å²) in [4.78, 5) is 16.2. The summed E-state index contributed by atoms with van der Waals surface area (Å²) in [6, 6.07) is 5.66. The molecular weight excluding hydrogens is 312 g/mol. The van der Waals surface area contributed by atoms with Crippen molar-refractivity contribution in [2.45, 2.75) is 19.6 Å². The van der Waals surface area contributed by atoms with E-state index in [1.54, 1.807) is 18.6 Å². The van der Waals surface area contributed by atoms with Gasteiger partial charge in [-0.05, 0) is 43.2 Å². The van der Waals surface area contributed by atoms with Crippen LogP contribution in [0, 0.1) is 13.8 Å². The number of rotatable bonds is 4. The van der Waals surface area contributed by atoms with E-state index < -0.39 is 11.1 Å². The highest BCUT2D eigenvalue weighted by Gasteiger charge is 2.09. The third-order valence-corrected chi connectivity index (χ3v) is 4.13. The van der Waals surface area contributed by atoms with Crippen LogP contribution in [-0.4, -0.2) is 28.7 Å². The Balaban J connectivity index is 1.98. The Labute approximate surface area is 136 Å². The highest BCUT2D eigenvalue weighted by Crippen LogP contribution is 2.24. The van der Waals surface area contributed by atoms with Gasteiger partial charge in [0.15, 0.2) is 16.9 Å². The molecule has 0 spiro atoms. The van der Waals surface area contributed by atoms with Gasteiger partial charge in [0.2, 0.25) is 0 Å². The fourth-order valence-electron chi connectivity index (χ4n) is 2.28. The standard InChI is InChI=1S/C16H16N4O2S/c1-10-11(2)20-16(19-10)15-6-13(3-4-18-15)14-5-12(7-17-8-14)9-23(21)22/h3-8H,9H2,1-2H3,(H,19,20)(H,21,22). The zero-order valence-corrected chi connectivity index (χ0v) is 13.6. The molecule has 3 rings (SSSR count). The molecule has 3 aromatic heterocycles. The van der Waals surface area contributed by atoms with E-state index in [-0.39, 0.29) is 5.75 Å². The largest absolute Gasteiger partial charge is 0.341 e. The van der Waals surface area contributed by atoms with Crippen molar-refractivity contribution in [3.63, 3.8) is 0 Å². The van der Waals surface area contributed by atoms with Crippen LogP contribution in [0.5, 0.6) is 0 Å². The third kappa shape index (κ3) is 3.52. The fraction of sp³-hybridized carbons (Fsp3) is 0.188. The molecule has 0 aliphatic heterocycles. The van der Waals surface area contributed by atoms with E-state index in [1.807, 2.05) is 32.0 Å². The lowest BCUT2D eigenvalue weighted by atomic mass is 10.1. The van der Waals surface area contributed by atoms with E-state index in [0.717, 1.165) is 34.0 Å². The molecule has 0 aliphatic carbocycles. The van der Waals surface area contributed by atoms with Crippen LogP contribution in [0.2, 0.25) is 0 Å². The van der Waals surface area contributed by atoms with Gasteiger partial charge in [-0.2, -0.15) is 0 Å². The summed E-state index contributed by atoms with van der Waals surface area (Å²) >= 11 is -1.88. The van der Waals surface area contributed by atoms with Crippen LogP contribution < -0.4 is 0 Å². The minimum atomic E-state index is -1.88. The Hall–Kier alpha value is -2.38. The first-order valence-electron chi connectivity index (χ1n) is 7.04. The van der Waals surface area contributed by atoms with Gasteiger partial charge in [-0.3, -0.25) is 9.97 Å². The normalized spacial score (nSPS) is 12.3. The van der Waals surface area contributed by atoms with E-state index in [2.05, 4.69) is 19.9 Å². The average molecular weight is 328 g/mol. The molecule has 0 bridgehead atoms. The molecule has 6 nitrogen and oxygen atoms in total. The average Bonchev–Trinajstić information content (AvgIpc) is 2.87. The molecule has 1 atom stereocenters. The number of aryl methyl sites for hydroxylation is 2. The minimum absolute atomic E-state index is 0.0648. The zero-order valence-electron chi connectivity index (χ0n) is 12.8. The molecule has 0 saturated heterocycles. The van der Waals surface area contributed by atoms with Gasteiger partial charge in [0, 0.05) is 29.8 Å². The smallest absolute Gasteiger partial charge is 0.157 e. The quantitative estimate of drug-likeness (QED) is 0.719. The number of aromatic nitrogens is 4. The van der Waals surface area contributed by atoms with Crippen molar-refractivity contribution in [2.24, 2.45) is 0 Å². The number of nitrogens with one attached hydrogen (secondary N) is 1. The Morgan fingerprint density at radius 1 is 1.22 bits per heavy atom. The second-order valence-electron chi connectivity index (χ2n) is 5.27. The monoisotopic (exact) mass is 328 g/mol. The number of hydrogen-bond donors (Lipinski definition) is 2. The van der Waals surface area contributed by atoms with Crippen molar-refractivity contribution in [1.29, 1.82) is 0 Å². The van der Waals surface area contributed by atoms with Gasteiger partial charge in [0.25, 0.3) is 0 Å². The summed E-state index contributed by atoms with van der Waals surface area (Å²) in [5.74, 6) is 0.789. The van der Waals surface area contributed by atoms with Gasteiger partial charge < -0.3 is 9.54 Å². The first-order chi connectivity index (χ1) is 11.0. The third-order valence-electron chi connectivity index (χ3n) is 3.55. The van der Waals surface area contributed by atoms with Crippen LogP contribution in [0.3, 0.4) is 0 Å². The van der Waals surface area contributed by atoms with Gasteiger partial charge in [-0.25, -0.2) is 9.19 Å². The fourth-order valence-corrected chi connectivity index (χ4v) is 2.72. The van der Waals surface area contributed by atoms with E-state index in [4.69, 9.17) is 4.55 Å². The highest BCUT2D eigenvalue weighted by atomic mass is 32.2. The summed E-state index contributed by atoms with van der Waals surface area (Å²) in [7, 11) is 0. The van der Waals surface area contributed by atoms with Crippen LogP contribution in [-0.2, 0) is 16.8 Å². The van der Waals surface area contributed by atoms with Gasteiger partial charge >= 0.3 is 0 Å². The Kier molecular flexibility index (Phi) is 4.31. The van der Waals surface area contributed by atoms with Crippen molar-refractivity contribution in [3.8, 4) is 22.6 Å². The van der Waals surface area contributed by atoms with Crippen LogP contribution in [0.1, 0.15) is 17.0 Å². The first-order valence-corrected chi connectivity index (χ1v) is 8.32. The van der Waals surface area contributed by atoms with Crippen LogP contribution in [0.4, 0.5) is 0 Å². The summed E-state index contributed by atoms with van der Waals surface area (Å²) in [6.07, 6.45) is 5.04. The number of imidazole rings is 1. The summed E-state index contributed by atoms with van der Waals surface area (Å²) in [5, 5.41) is 0. The molecule has 3 heterocycles. The molecule has 7 heteroatoms. The van der Waals surface area contributed by atoms with Crippen molar-refractivity contribution in [2.75, 3.05) is 0 Å². The van der Waals surface area contributed by atoms with Crippen LogP contribution >= 0.6 is 0 Å². The maximum atomic E-state index is 11.0. The maximum absolute atomic E-state index is 11.0. The van der Waals surface area contributed by atoms with E-state index in [0.29, 0.717) is 5.56 Å². The first kappa shape index (κ1) is 15.5. The number of pyridine rings is 2. The second kappa shape index (κ2) is 6.39. The molecule has 0 aromatic carbocycles. The molecule has 0 aliphatic rings. The zero-order chi connectivity index (χ0) is 16.4. The molecule has 0 saturated carbocycles. The minimum Gasteiger partial charge on any atom is -0.341 e. The summed E-state index contributed by atoms with van der Waals surface area (Å²) in [6.45, 7) is 3.92. The van der Waals surface area contributed by atoms with Crippen LogP contribution in [0.25, 0.3) is 22.6 Å². The molecule has 2 N–H and O–H groups in total. The molecule has 0 radical (unpaired) electrons. The van der Waals surface area contributed by atoms with Crippen molar-refractivity contribution in [1.82, 2.24) is 19.9 Å². The van der Waals surface area contributed by atoms with Crippen molar-refractivity contribution < 1.29 is 8.76 Å². The second-order valence-corrected chi connectivity index (χ2v) is 6.20. The van der Waals surface area contributed by atoms with Gasteiger partial charge in [-0.15, -0.1) is 0 Å². The molecule has 3 aromatic rings. The molecule has 0 fully saturated rings. The molecule has 1 unspecified atom stereocenters. The predicted octanol–water partition coefficient (Wildman–Crippen LogP) is 2.87. The lowest BCUT2D eigenvalue weighted by molar-refractivity contribution is 0.563. The predicted molar refractivity (Wildman–Crippen MR) is 89.0 cm³/mol. The number of H-pyrrole nitrogens is 1. The van der Waals surface area contributed by atoms with Gasteiger partial charge in [0.1, 0.15) is 5.69 Å². The lowest BCUT2D eigenvalue weighted by Crippen LogP contribution is -1.95. The van der Waals surface area contributed by atoms with Crippen molar-refractivity contribution >= 4 is 11.1 Å². The molecular formula is C16H16N4O2S.